The molecule has 0 aliphatic heterocycles. The van der Waals surface area contributed by atoms with E-state index in [0.717, 1.165) is 23.3 Å². The summed E-state index contributed by atoms with van der Waals surface area (Å²) in [6.45, 7) is 5.91. The average molecular weight is 278 g/mol. The van der Waals surface area contributed by atoms with Crippen molar-refractivity contribution < 1.29 is 4.74 Å². The molecule has 0 radical (unpaired) electrons. The van der Waals surface area contributed by atoms with Crippen molar-refractivity contribution in [2.24, 2.45) is 5.73 Å². The second-order valence-electron chi connectivity index (χ2n) is 4.74. The third kappa shape index (κ3) is 3.72. The van der Waals surface area contributed by atoms with Crippen LogP contribution < -0.4 is 10.5 Å². The van der Waals surface area contributed by atoms with Crippen molar-refractivity contribution in [3.05, 3.63) is 54.1 Å². The molecule has 0 fully saturated rings. The van der Waals surface area contributed by atoms with Crippen LogP contribution in [0, 0.1) is 0 Å². The molecule has 1 atom stereocenters. The number of benzene rings is 2. The van der Waals surface area contributed by atoms with E-state index in [0.29, 0.717) is 0 Å². The number of nitrogens with two attached hydrogens (primary N) is 1. The van der Waals surface area contributed by atoms with Crippen LogP contribution >= 0.6 is 12.4 Å². The highest BCUT2D eigenvalue weighted by Gasteiger charge is 2.07. The van der Waals surface area contributed by atoms with Gasteiger partial charge in [-0.05, 0) is 47.9 Å². The van der Waals surface area contributed by atoms with Gasteiger partial charge in [0, 0.05) is 6.04 Å². The molecule has 0 heterocycles. The van der Waals surface area contributed by atoms with Crippen LogP contribution in [0.15, 0.2) is 48.6 Å². The molecule has 2 nitrogen and oxygen atoms in total. The average Bonchev–Trinajstić information content (AvgIpc) is 2.36. The number of rotatable bonds is 4. The largest absolute Gasteiger partial charge is 0.497 e. The van der Waals surface area contributed by atoms with E-state index in [2.05, 4.69) is 30.8 Å². The van der Waals surface area contributed by atoms with E-state index >= 15 is 0 Å². The highest BCUT2D eigenvalue weighted by atomic mass is 35.5. The van der Waals surface area contributed by atoms with Crippen LogP contribution in [0.4, 0.5) is 0 Å². The van der Waals surface area contributed by atoms with Gasteiger partial charge in [-0.25, -0.2) is 0 Å². The van der Waals surface area contributed by atoms with Gasteiger partial charge in [0.15, 0.2) is 0 Å². The van der Waals surface area contributed by atoms with Gasteiger partial charge in [0.2, 0.25) is 0 Å². The summed E-state index contributed by atoms with van der Waals surface area (Å²) >= 11 is 0. The Balaban J connectivity index is 0.00000180. The molecule has 0 saturated heterocycles. The first-order valence-corrected chi connectivity index (χ1v) is 6.08. The lowest BCUT2D eigenvalue weighted by Gasteiger charge is -2.13. The van der Waals surface area contributed by atoms with E-state index in [9.17, 15) is 0 Å². The standard InChI is InChI=1S/C16H19NO.ClH/c1-11(2)8-16(17)14-5-4-13-10-15(18-3)7-6-12(13)9-14;/h4-7,9-10,16H,1,8,17H2,2-3H3;1H/t16-;/m1./s1. The van der Waals surface area contributed by atoms with Gasteiger partial charge in [-0.1, -0.05) is 23.8 Å². The molecule has 0 bridgehead atoms. The van der Waals surface area contributed by atoms with Crippen molar-refractivity contribution in [1.82, 2.24) is 0 Å². The maximum Gasteiger partial charge on any atom is 0.119 e. The van der Waals surface area contributed by atoms with E-state index < -0.39 is 0 Å². The Morgan fingerprint density at radius 1 is 1.21 bits per heavy atom. The quantitative estimate of drug-likeness (QED) is 0.849. The number of fused-ring (bicyclic) bond motifs is 1. The smallest absolute Gasteiger partial charge is 0.119 e. The molecule has 3 heteroatoms. The molecule has 19 heavy (non-hydrogen) atoms. The Kier molecular flexibility index (Phi) is 5.40. The summed E-state index contributed by atoms with van der Waals surface area (Å²) in [6, 6.07) is 12.4. The number of methoxy groups -OCH3 is 1. The topological polar surface area (TPSA) is 35.2 Å². The Hall–Kier alpha value is -1.51. The van der Waals surface area contributed by atoms with Gasteiger partial charge in [-0.3, -0.25) is 0 Å². The summed E-state index contributed by atoms with van der Waals surface area (Å²) < 4.78 is 5.22. The number of halogens is 1. The molecule has 2 aromatic carbocycles. The maximum absolute atomic E-state index is 6.16. The summed E-state index contributed by atoms with van der Waals surface area (Å²) in [4.78, 5) is 0. The minimum Gasteiger partial charge on any atom is -0.497 e. The minimum atomic E-state index is 0. The fourth-order valence-electron chi connectivity index (χ4n) is 2.09. The predicted octanol–water partition coefficient (Wildman–Crippen LogP) is 4.24. The van der Waals surface area contributed by atoms with Gasteiger partial charge < -0.3 is 10.5 Å². The highest BCUT2D eigenvalue weighted by molar-refractivity contribution is 5.85. The molecule has 102 valence electrons. The lowest BCUT2D eigenvalue weighted by atomic mass is 9.98. The zero-order valence-corrected chi connectivity index (χ0v) is 12.2. The normalized spacial score (nSPS) is 11.7. The van der Waals surface area contributed by atoms with E-state index in [1.807, 2.05) is 19.1 Å². The first-order valence-electron chi connectivity index (χ1n) is 6.08. The van der Waals surface area contributed by atoms with Gasteiger partial charge in [-0.2, -0.15) is 0 Å². The SMILES string of the molecule is C=C(C)C[C@@H](N)c1ccc2cc(OC)ccc2c1.Cl. The van der Waals surface area contributed by atoms with Crippen LogP contribution in [0.3, 0.4) is 0 Å². The Morgan fingerprint density at radius 3 is 2.47 bits per heavy atom. The number of ether oxygens (including phenoxy) is 1. The summed E-state index contributed by atoms with van der Waals surface area (Å²) in [7, 11) is 1.68. The zero-order chi connectivity index (χ0) is 13.1. The summed E-state index contributed by atoms with van der Waals surface area (Å²) in [5.74, 6) is 0.876. The van der Waals surface area contributed by atoms with Gasteiger partial charge in [-0.15, -0.1) is 19.0 Å². The zero-order valence-electron chi connectivity index (χ0n) is 11.3. The Bertz CT molecular complexity index is 580. The fraction of sp³-hybridized carbons (Fsp3) is 0.250. The molecule has 0 unspecified atom stereocenters. The van der Waals surface area contributed by atoms with Crippen molar-refractivity contribution in [2.75, 3.05) is 7.11 Å². The number of hydrogen-bond donors (Lipinski definition) is 1. The fourth-order valence-corrected chi connectivity index (χ4v) is 2.09. The Labute approximate surface area is 120 Å². The van der Waals surface area contributed by atoms with Crippen LogP contribution in [0.5, 0.6) is 5.75 Å². The second-order valence-corrected chi connectivity index (χ2v) is 4.74. The molecule has 0 spiro atoms. The van der Waals surface area contributed by atoms with E-state index in [-0.39, 0.29) is 18.4 Å². The van der Waals surface area contributed by atoms with Crippen LogP contribution in [-0.2, 0) is 0 Å². The van der Waals surface area contributed by atoms with Gasteiger partial charge in [0.25, 0.3) is 0 Å². The van der Waals surface area contributed by atoms with Crippen LogP contribution in [0.2, 0.25) is 0 Å². The van der Waals surface area contributed by atoms with E-state index in [1.54, 1.807) is 7.11 Å². The Morgan fingerprint density at radius 2 is 1.84 bits per heavy atom. The molecule has 0 aliphatic rings. The monoisotopic (exact) mass is 277 g/mol. The molecule has 0 amide bonds. The van der Waals surface area contributed by atoms with Gasteiger partial charge in [0.1, 0.15) is 5.75 Å². The summed E-state index contributed by atoms with van der Waals surface area (Å²) in [6.07, 6.45) is 0.821. The van der Waals surface area contributed by atoms with Crippen LogP contribution in [0.25, 0.3) is 10.8 Å². The first kappa shape index (κ1) is 15.5. The molecular formula is C16H20ClNO. The third-order valence-electron chi connectivity index (χ3n) is 3.07. The second kappa shape index (κ2) is 6.60. The maximum atomic E-state index is 6.16. The van der Waals surface area contributed by atoms with E-state index in [4.69, 9.17) is 10.5 Å². The minimum absolute atomic E-state index is 0. The lowest BCUT2D eigenvalue weighted by Crippen LogP contribution is -2.10. The van der Waals surface area contributed by atoms with Crippen molar-refractivity contribution in [1.29, 1.82) is 0 Å². The molecule has 2 N–H and O–H groups in total. The highest BCUT2D eigenvalue weighted by Crippen LogP contribution is 2.25. The molecule has 2 aromatic rings. The van der Waals surface area contributed by atoms with Gasteiger partial charge >= 0.3 is 0 Å². The molecular weight excluding hydrogens is 258 g/mol. The van der Waals surface area contributed by atoms with Crippen molar-refractivity contribution in [2.45, 2.75) is 19.4 Å². The van der Waals surface area contributed by atoms with Gasteiger partial charge in [0.05, 0.1) is 7.11 Å². The van der Waals surface area contributed by atoms with Crippen molar-refractivity contribution in [3.8, 4) is 5.75 Å². The van der Waals surface area contributed by atoms with Crippen LogP contribution in [0.1, 0.15) is 24.9 Å². The first-order chi connectivity index (χ1) is 8.60. The molecule has 2 rings (SSSR count). The molecule has 0 aliphatic carbocycles. The number of hydrogen-bond acceptors (Lipinski definition) is 2. The van der Waals surface area contributed by atoms with Crippen molar-refractivity contribution >= 4 is 23.2 Å². The molecule has 0 aromatic heterocycles. The summed E-state index contributed by atoms with van der Waals surface area (Å²) in [5, 5.41) is 2.35. The lowest BCUT2D eigenvalue weighted by molar-refractivity contribution is 0.415. The van der Waals surface area contributed by atoms with Crippen molar-refractivity contribution in [3.63, 3.8) is 0 Å². The summed E-state index contributed by atoms with van der Waals surface area (Å²) in [5.41, 5.74) is 8.41. The molecule has 0 saturated carbocycles. The predicted molar refractivity (Wildman–Crippen MR) is 84.1 cm³/mol. The van der Waals surface area contributed by atoms with Crippen LogP contribution in [-0.4, -0.2) is 7.11 Å². The third-order valence-corrected chi connectivity index (χ3v) is 3.07. The van der Waals surface area contributed by atoms with E-state index in [1.165, 1.54) is 10.8 Å².